The molecule has 0 bridgehead atoms. The Kier molecular flexibility index (Phi) is 4.63. The Morgan fingerprint density at radius 2 is 1.90 bits per heavy atom. The molecule has 1 aliphatic heterocycles. The maximum atomic E-state index is 13.3. The highest BCUT2D eigenvalue weighted by molar-refractivity contribution is 7.91. The van der Waals surface area contributed by atoms with Gasteiger partial charge in [0.1, 0.15) is 5.82 Å². The Morgan fingerprint density at radius 3 is 2.67 bits per heavy atom. The highest BCUT2D eigenvalue weighted by Gasteiger charge is 2.29. The van der Waals surface area contributed by atoms with Gasteiger partial charge in [0.2, 0.25) is 14.9 Å². The van der Waals surface area contributed by atoms with Gasteiger partial charge in [0.25, 0.3) is 0 Å². The van der Waals surface area contributed by atoms with Gasteiger partial charge in [-0.3, -0.25) is 0 Å². The average Bonchev–Trinajstić information content (AvgIpc) is 3.19. The zero-order valence-corrected chi connectivity index (χ0v) is 17.9. The van der Waals surface area contributed by atoms with E-state index in [-0.39, 0.29) is 15.6 Å². The molecule has 0 aliphatic carbocycles. The summed E-state index contributed by atoms with van der Waals surface area (Å²) in [5, 5.41) is 9.45. The summed E-state index contributed by atoms with van der Waals surface area (Å²) in [6.45, 7) is 3.02. The van der Waals surface area contributed by atoms with E-state index < -0.39 is 9.84 Å². The van der Waals surface area contributed by atoms with E-state index >= 15 is 0 Å². The van der Waals surface area contributed by atoms with Gasteiger partial charge in [-0.1, -0.05) is 35.0 Å². The van der Waals surface area contributed by atoms with Crippen LogP contribution in [0.15, 0.2) is 58.5 Å². The molecular formula is C21H20ClN5O2S. The summed E-state index contributed by atoms with van der Waals surface area (Å²) in [7, 11) is -3.86. The topological polar surface area (TPSA) is 80.5 Å². The molecule has 2 aromatic heterocycles. The van der Waals surface area contributed by atoms with E-state index in [1.807, 2.05) is 12.1 Å². The normalized spacial score (nSPS) is 17.7. The van der Waals surface area contributed by atoms with Crippen LogP contribution in [0.1, 0.15) is 26.2 Å². The van der Waals surface area contributed by atoms with E-state index in [1.165, 1.54) is 10.9 Å². The van der Waals surface area contributed by atoms with Crippen LogP contribution in [0.3, 0.4) is 0 Å². The quantitative estimate of drug-likeness (QED) is 0.475. The van der Waals surface area contributed by atoms with Crippen molar-refractivity contribution in [3.05, 3.63) is 53.6 Å². The second-order valence-electron chi connectivity index (χ2n) is 7.58. The van der Waals surface area contributed by atoms with Crippen molar-refractivity contribution < 1.29 is 8.42 Å². The molecule has 5 rings (SSSR count). The number of nitrogens with zero attached hydrogens (tertiary/aromatic N) is 5. The third kappa shape index (κ3) is 3.02. The van der Waals surface area contributed by atoms with E-state index in [2.05, 4.69) is 22.1 Å². The van der Waals surface area contributed by atoms with Crippen molar-refractivity contribution in [1.29, 1.82) is 0 Å². The van der Waals surface area contributed by atoms with Crippen molar-refractivity contribution >= 4 is 43.8 Å². The molecule has 0 radical (unpaired) electrons. The van der Waals surface area contributed by atoms with E-state index in [0.717, 1.165) is 36.1 Å². The molecule has 1 fully saturated rings. The Labute approximate surface area is 179 Å². The van der Waals surface area contributed by atoms with Gasteiger partial charge in [-0.2, -0.15) is 4.52 Å². The van der Waals surface area contributed by atoms with Crippen molar-refractivity contribution in [2.45, 2.75) is 42.1 Å². The molecule has 1 atom stereocenters. The minimum atomic E-state index is -3.86. The minimum absolute atomic E-state index is 0.142. The molecule has 30 heavy (non-hydrogen) atoms. The lowest BCUT2D eigenvalue weighted by molar-refractivity contribution is 0.482. The summed E-state index contributed by atoms with van der Waals surface area (Å²) in [6.07, 6.45) is 3.29. The highest BCUT2D eigenvalue weighted by Crippen LogP contribution is 2.34. The van der Waals surface area contributed by atoms with Gasteiger partial charge in [-0.25, -0.2) is 13.4 Å². The molecule has 1 saturated heterocycles. The van der Waals surface area contributed by atoms with Gasteiger partial charge < -0.3 is 4.90 Å². The Balaban J connectivity index is 1.81. The molecule has 3 heterocycles. The third-order valence-electron chi connectivity index (χ3n) is 5.64. The highest BCUT2D eigenvalue weighted by atomic mass is 35.5. The van der Waals surface area contributed by atoms with Gasteiger partial charge in [-0.15, -0.1) is 5.10 Å². The van der Waals surface area contributed by atoms with E-state index in [9.17, 15) is 8.42 Å². The number of halogens is 1. The fraction of sp³-hybridized carbons (Fsp3) is 0.286. The Morgan fingerprint density at radius 1 is 1.10 bits per heavy atom. The van der Waals surface area contributed by atoms with Gasteiger partial charge in [0.15, 0.2) is 5.65 Å². The molecule has 7 nitrogen and oxygen atoms in total. The molecular weight excluding hydrogens is 422 g/mol. The molecule has 0 spiro atoms. The first-order chi connectivity index (χ1) is 14.5. The van der Waals surface area contributed by atoms with Gasteiger partial charge in [0.05, 0.1) is 10.4 Å². The summed E-state index contributed by atoms with van der Waals surface area (Å²) in [6, 6.07) is 14.0. The monoisotopic (exact) mass is 441 g/mol. The lowest BCUT2D eigenvalue weighted by Gasteiger charge is -2.35. The number of anilines is 1. The van der Waals surface area contributed by atoms with Crippen LogP contribution >= 0.6 is 11.6 Å². The molecule has 154 valence electrons. The van der Waals surface area contributed by atoms with Gasteiger partial charge in [0, 0.05) is 23.0 Å². The second-order valence-corrected chi connectivity index (χ2v) is 9.88. The molecule has 1 aliphatic rings. The lowest BCUT2D eigenvalue weighted by atomic mass is 10.0. The zero-order valence-electron chi connectivity index (χ0n) is 16.4. The van der Waals surface area contributed by atoms with E-state index in [1.54, 1.807) is 36.4 Å². The van der Waals surface area contributed by atoms with Crippen LogP contribution in [0.25, 0.3) is 16.6 Å². The Hall–Kier alpha value is -2.71. The van der Waals surface area contributed by atoms with E-state index in [0.29, 0.717) is 11.1 Å². The van der Waals surface area contributed by atoms with Crippen molar-refractivity contribution in [1.82, 2.24) is 19.8 Å². The fourth-order valence-corrected chi connectivity index (χ4v) is 5.50. The molecule has 4 aromatic rings. The summed E-state index contributed by atoms with van der Waals surface area (Å²) in [4.78, 5) is 7.19. The largest absolute Gasteiger partial charge is 0.353 e. The van der Waals surface area contributed by atoms with Crippen LogP contribution in [0.4, 0.5) is 5.82 Å². The zero-order chi connectivity index (χ0) is 20.9. The lowest BCUT2D eigenvalue weighted by Crippen LogP contribution is -2.38. The van der Waals surface area contributed by atoms with Crippen LogP contribution < -0.4 is 4.90 Å². The molecule has 0 amide bonds. The predicted molar refractivity (Wildman–Crippen MR) is 116 cm³/mol. The van der Waals surface area contributed by atoms with Crippen molar-refractivity contribution in [2.75, 3.05) is 11.4 Å². The molecule has 2 aromatic carbocycles. The first kappa shape index (κ1) is 19.3. The van der Waals surface area contributed by atoms with Crippen molar-refractivity contribution in [3.8, 4) is 0 Å². The number of benzene rings is 2. The maximum absolute atomic E-state index is 13.3. The first-order valence-corrected chi connectivity index (χ1v) is 11.7. The number of hydrogen-bond acceptors (Lipinski definition) is 6. The summed E-state index contributed by atoms with van der Waals surface area (Å²) < 4.78 is 28.0. The standard InChI is InChI=1S/C21H20ClN5O2S/c1-14-7-5-6-12-26(14)19-17-13-15(22)10-11-18(17)27-20(23-19)21(24-25-27)30(28,29)16-8-3-2-4-9-16/h2-4,8-11,13-14H,5-7,12H2,1H3/t14-/m0/s1. The maximum Gasteiger partial charge on any atom is 0.229 e. The number of sulfone groups is 1. The third-order valence-corrected chi connectivity index (χ3v) is 7.54. The average molecular weight is 442 g/mol. The molecule has 0 unspecified atom stereocenters. The number of rotatable bonds is 3. The fourth-order valence-electron chi connectivity index (χ4n) is 4.07. The van der Waals surface area contributed by atoms with Crippen molar-refractivity contribution in [3.63, 3.8) is 0 Å². The van der Waals surface area contributed by atoms with Crippen LogP contribution in [-0.4, -0.2) is 40.8 Å². The molecule has 9 heteroatoms. The number of piperidine rings is 1. The summed E-state index contributed by atoms with van der Waals surface area (Å²) in [5.74, 6) is 0.721. The van der Waals surface area contributed by atoms with Crippen LogP contribution in [0.5, 0.6) is 0 Å². The second kappa shape index (κ2) is 7.21. The predicted octanol–water partition coefficient (Wildman–Crippen LogP) is 4.14. The van der Waals surface area contributed by atoms with Gasteiger partial charge in [-0.05, 0) is 56.5 Å². The van der Waals surface area contributed by atoms with Gasteiger partial charge >= 0.3 is 0 Å². The molecule has 0 N–H and O–H groups in total. The number of fused-ring (bicyclic) bond motifs is 3. The van der Waals surface area contributed by atoms with E-state index in [4.69, 9.17) is 16.6 Å². The van der Waals surface area contributed by atoms with Crippen LogP contribution in [0, 0.1) is 0 Å². The smallest absolute Gasteiger partial charge is 0.229 e. The minimum Gasteiger partial charge on any atom is -0.353 e. The number of aromatic nitrogens is 4. The van der Waals surface area contributed by atoms with Crippen molar-refractivity contribution in [2.24, 2.45) is 0 Å². The summed E-state index contributed by atoms with van der Waals surface area (Å²) in [5.41, 5.74) is 0.945. The van der Waals surface area contributed by atoms with Crippen LogP contribution in [-0.2, 0) is 9.84 Å². The first-order valence-electron chi connectivity index (χ1n) is 9.88. The summed E-state index contributed by atoms with van der Waals surface area (Å²) >= 11 is 6.29. The molecule has 0 saturated carbocycles. The Bertz CT molecular complexity index is 1350. The van der Waals surface area contributed by atoms with Crippen LogP contribution in [0.2, 0.25) is 5.02 Å². The SMILES string of the molecule is C[C@H]1CCCCN1c1nc2c(S(=O)(=O)c3ccccc3)nnn2c2ccc(Cl)cc12. The number of hydrogen-bond donors (Lipinski definition) is 0.